The topological polar surface area (TPSA) is 68.9 Å². The number of halogens is 1. The van der Waals surface area contributed by atoms with Crippen molar-refractivity contribution in [3.05, 3.63) is 106 Å². The van der Waals surface area contributed by atoms with Gasteiger partial charge in [0.1, 0.15) is 17.6 Å². The van der Waals surface area contributed by atoms with E-state index in [0.717, 1.165) is 16.5 Å². The van der Waals surface area contributed by atoms with Crippen molar-refractivity contribution in [2.24, 2.45) is 0 Å². The van der Waals surface area contributed by atoms with Gasteiger partial charge in [-0.2, -0.15) is 0 Å². The summed E-state index contributed by atoms with van der Waals surface area (Å²) in [5.74, 6) is -0.257. The molecule has 6 nitrogen and oxygen atoms in total. The molecule has 0 saturated carbocycles. The highest BCUT2D eigenvalue weighted by Crippen LogP contribution is 2.25. The van der Waals surface area contributed by atoms with Crippen molar-refractivity contribution in [2.75, 3.05) is 5.32 Å². The zero-order valence-corrected chi connectivity index (χ0v) is 17.8. The molecule has 0 aliphatic carbocycles. The Morgan fingerprint density at radius 3 is 2.56 bits per heavy atom. The molecule has 0 bridgehead atoms. The van der Waals surface area contributed by atoms with Gasteiger partial charge in [-0.3, -0.25) is 14.2 Å². The average molecular weight is 443 g/mol. The number of nitrogens with zero attached hydrogens (tertiary/aromatic N) is 3. The number of nitrogens with one attached hydrogen (secondary N) is 1. The number of benzene rings is 3. The molecule has 0 saturated heterocycles. The van der Waals surface area contributed by atoms with Gasteiger partial charge in [-0.1, -0.05) is 66.2 Å². The Morgan fingerprint density at radius 1 is 0.969 bits per heavy atom. The molecule has 1 N–H and O–H groups in total. The minimum Gasteiger partial charge on any atom is -0.325 e. The lowest BCUT2D eigenvalue weighted by atomic mass is 10.2. The van der Waals surface area contributed by atoms with E-state index in [2.05, 4.69) is 10.3 Å². The van der Waals surface area contributed by atoms with Gasteiger partial charge in [0.15, 0.2) is 0 Å². The van der Waals surface area contributed by atoms with Crippen molar-refractivity contribution >= 4 is 45.1 Å². The molecule has 0 unspecified atom stereocenters. The van der Waals surface area contributed by atoms with E-state index >= 15 is 0 Å². The van der Waals surface area contributed by atoms with Crippen LogP contribution in [0.2, 0.25) is 5.02 Å². The third-order valence-corrected chi connectivity index (χ3v) is 5.57. The molecule has 0 spiro atoms. The lowest BCUT2D eigenvalue weighted by Crippen LogP contribution is -2.25. The summed E-state index contributed by atoms with van der Waals surface area (Å²) in [6.07, 6.45) is 1.57. The first kappa shape index (κ1) is 20.0. The van der Waals surface area contributed by atoms with Crippen LogP contribution in [-0.4, -0.2) is 20.0 Å². The van der Waals surface area contributed by atoms with Crippen LogP contribution in [0.3, 0.4) is 0 Å². The minimum absolute atomic E-state index is 0.0250. The first-order valence-corrected chi connectivity index (χ1v) is 10.5. The van der Waals surface area contributed by atoms with E-state index in [1.165, 1.54) is 0 Å². The summed E-state index contributed by atoms with van der Waals surface area (Å²) in [6, 6.07) is 24.3. The van der Waals surface area contributed by atoms with Crippen molar-refractivity contribution in [2.45, 2.75) is 13.1 Å². The van der Waals surface area contributed by atoms with E-state index < -0.39 is 0 Å². The van der Waals surface area contributed by atoms with Crippen LogP contribution in [0.25, 0.3) is 21.9 Å². The maximum atomic E-state index is 13.5. The molecule has 5 rings (SSSR count). The fourth-order valence-corrected chi connectivity index (χ4v) is 4.11. The van der Waals surface area contributed by atoms with Gasteiger partial charge in [0, 0.05) is 16.1 Å². The van der Waals surface area contributed by atoms with Gasteiger partial charge in [0.05, 0.1) is 18.4 Å². The summed E-state index contributed by atoms with van der Waals surface area (Å²) < 4.78 is 3.31. The summed E-state index contributed by atoms with van der Waals surface area (Å²) in [6.45, 7) is 0.377. The molecular weight excluding hydrogens is 424 g/mol. The number of carbonyl (C=O) groups is 1. The largest absolute Gasteiger partial charge is 0.325 e. The zero-order valence-electron chi connectivity index (χ0n) is 17.0. The summed E-state index contributed by atoms with van der Waals surface area (Å²) >= 11 is 6.02. The summed E-state index contributed by atoms with van der Waals surface area (Å²) in [5, 5.41) is 4.22. The smallest absolute Gasteiger partial charge is 0.278 e. The van der Waals surface area contributed by atoms with Crippen LogP contribution in [0.15, 0.2) is 90.0 Å². The van der Waals surface area contributed by atoms with Crippen LogP contribution >= 0.6 is 11.6 Å². The van der Waals surface area contributed by atoms with E-state index in [1.807, 2.05) is 54.6 Å². The Labute approximate surface area is 188 Å². The Bertz CT molecular complexity index is 1510. The van der Waals surface area contributed by atoms with Crippen LogP contribution in [0.1, 0.15) is 5.56 Å². The molecule has 7 heteroatoms. The highest BCUT2D eigenvalue weighted by atomic mass is 35.5. The molecular formula is C25H19ClN4O2. The van der Waals surface area contributed by atoms with Crippen molar-refractivity contribution in [3.8, 4) is 0 Å². The number of amides is 1. The molecule has 0 radical (unpaired) electrons. The van der Waals surface area contributed by atoms with Gasteiger partial charge in [-0.25, -0.2) is 4.98 Å². The lowest BCUT2D eigenvalue weighted by molar-refractivity contribution is -0.116. The Morgan fingerprint density at radius 2 is 1.75 bits per heavy atom. The quantitative estimate of drug-likeness (QED) is 0.429. The first-order chi connectivity index (χ1) is 15.6. The SMILES string of the molecule is O=C(Cn1c2ccccc2c2ncn(Cc3ccccc3)c(=O)c21)Nc1cccc(Cl)c1. The highest BCUT2D eigenvalue weighted by molar-refractivity contribution is 6.30. The number of carbonyl (C=O) groups excluding carboxylic acids is 1. The van der Waals surface area contributed by atoms with E-state index in [1.54, 1.807) is 39.7 Å². The number of hydrogen-bond donors (Lipinski definition) is 1. The van der Waals surface area contributed by atoms with Crippen molar-refractivity contribution in [3.63, 3.8) is 0 Å². The fraction of sp³-hybridized carbons (Fsp3) is 0.0800. The van der Waals surface area contributed by atoms with Crippen molar-refractivity contribution < 1.29 is 4.79 Å². The first-order valence-electron chi connectivity index (χ1n) is 10.2. The van der Waals surface area contributed by atoms with Gasteiger partial charge < -0.3 is 9.88 Å². The van der Waals surface area contributed by atoms with Crippen LogP contribution in [0.4, 0.5) is 5.69 Å². The predicted molar refractivity (Wildman–Crippen MR) is 127 cm³/mol. The molecule has 0 aliphatic heterocycles. The van der Waals surface area contributed by atoms with Gasteiger partial charge in [0.2, 0.25) is 5.91 Å². The predicted octanol–water partition coefficient (Wildman–Crippen LogP) is 4.69. The zero-order chi connectivity index (χ0) is 22.1. The third-order valence-electron chi connectivity index (χ3n) is 5.34. The van der Waals surface area contributed by atoms with Gasteiger partial charge in [-0.15, -0.1) is 0 Å². The second-order valence-electron chi connectivity index (χ2n) is 7.52. The van der Waals surface area contributed by atoms with E-state index in [-0.39, 0.29) is 18.0 Å². The molecule has 2 heterocycles. The van der Waals surface area contributed by atoms with Crippen LogP contribution in [-0.2, 0) is 17.9 Å². The number of hydrogen-bond acceptors (Lipinski definition) is 3. The molecule has 158 valence electrons. The summed E-state index contributed by atoms with van der Waals surface area (Å²) in [7, 11) is 0. The maximum Gasteiger partial charge on any atom is 0.278 e. The highest BCUT2D eigenvalue weighted by Gasteiger charge is 2.18. The van der Waals surface area contributed by atoms with Crippen LogP contribution in [0.5, 0.6) is 0 Å². The molecule has 5 aromatic rings. The minimum atomic E-state index is -0.257. The van der Waals surface area contributed by atoms with Gasteiger partial charge in [-0.05, 0) is 29.8 Å². The average Bonchev–Trinajstić information content (AvgIpc) is 3.10. The number of fused-ring (bicyclic) bond motifs is 3. The Kier molecular flexibility index (Phi) is 5.21. The molecule has 0 aliphatic rings. The molecule has 1 amide bonds. The number of rotatable bonds is 5. The van der Waals surface area contributed by atoms with E-state index in [9.17, 15) is 9.59 Å². The Hall–Kier alpha value is -3.90. The van der Waals surface area contributed by atoms with Gasteiger partial charge in [0.25, 0.3) is 5.56 Å². The number of para-hydroxylation sites is 1. The second kappa shape index (κ2) is 8.32. The maximum absolute atomic E-state index is 13.5. The lowest BCUT2D eigenvalue weighted by Gasteiger charge is -2.10. The van der Waals surface area contributed by atoms with E-state index in [4.69, 9.17) is 11.6 Å². The van der Waals surface area contributed by atoms with Crippen molar-refractivity contribution in [1.29, 1.82) is 0 Å². The van der Waals surface area contributed by atoms with Crippen LogP contribution < -0.4 is 10.9 Å². The fourth-order valence-electron chi connectivity index (χ4n) is 3.92. The molecule has 0 atom stereocenters. The number of anilines is 1. The molecule has 32 heavy (non-hydrogen) atoms. The molecule has 0 fully saturated rings. The number of aromatic nitrogens is 3. The molecule has 3 aromatic carbocycles. The molecule has 2 aromatic heterocycles. The van der Waals surface area contributed by atoms with E-state index in [0.29, 0.717) is 28.3 Å². The third kappa shape index (κ3) is 3.76. The summed E-state index contributed by atoms with van der Waals surface area (Å²) in [4.78, 5) is 30.9. The monoisotopic (exact) mass is 442 g/mol. The Balaban J connectivity index is 1.59. The second-order valence-corrected chi connectivity index (χ2v) is 7.96. The van der Waals surface area contributed by atoms with Gasteiger partial charge >= 0.3 is 0 Å². The van der Waals surface area contributed by atoms with Crippen LogP contribution in [0, 0.1) is 0 Å². The van der Waals surface area contributed by atoms with Crippen molar-refractivity contribution in [1.82, 2.24) is 14.1 Å². The normalized spacial score (nSPS) is 11.2. The standard InChI is InChI=1S/C25H19ClN4O2/c26-18-9-6-10-19(13-18)28-22(31)15-30-21-12-5-4-11-20(21)23-24(30)25(32)29(16-27-23)14-17-7-2-1-3-8-17/h1-13,16H,14-15H2,(H,28,31). The summed E-state index contributed by atoms with van der Waals surface area (Å²) in [5.41, 5.74) is 3.19.